The van der Waals surface area contributed by atoms with Crippen molar-refractivity contribution in [3.8, 4) is 17.2 Å². The van der Waals surface area contributed by atoms with Crippen LogP contribution in [0.4, 0.5) is 0 Å². The van der Waals surface area contributed by atoms with E-state index in [-0.39, 0.29) is 77.1 Å². The lowest BCUT2D eigenvalue weighted by Crippen LogP contribution is -2.72. The van der Waals surface area contributed by atoms with Crippen molar-refractivity contribution in [2.75, 3.05) is 13.2 Å². The van der Waals surface area contributed by atoms with Gasteiger partial charge in [0.15, 0.2) is 35.0 Å². The number of fused-ring (bicyclic) bond motifs is 2. The van der Waals surface area contributed by atoms with Crippen LogP contribution < -0.4 is 14.2 Å². The number of carbonyl (C=O) groups excluding carboxylic acids is 7. The van der Waals surface area contributed by atoms with Crippen LogP contribution in [0.5, 0.6) is 17.2 Å². The van der Waals surface area contributed by atoms with E-state index in [1.807, 2.05) is 121 Å². The molecule has 3 aromatic rings. The van der Waals surface area contributed by atoms with Gasteiger partial charge in [0.25, 0.3) is 0 Å². The number of benzene rings is 3. The summed E-state index contributed by atoms with van der Waals surface area (Å²) in [6.45, 7) is 19.2. The van der Waals surface area contributed by atoms with Gasteiger partial charge in [-0.05, 0) is 104 Å². The Bertz CT molecular complexity index is 3210. The molecule has 0 aromatic heterocycles. The molecule has 1 spiro atoms. The van der Waals surface area contributed by atoms with Gasteiger partial charge in [-0.1, -0.05) is 96.1 Å². The van der Waals surface area contributed by atoms with Gasteiger partial charge < -0.3 is 47.4 Å². The Balaban J connectivity index is 1.21. The first-order valence-corrected chi connectivity index (χ1v) is 28.3. The molecule has 0 radical (unpaired) electrons. The third-order valence-corrected chi connectivity index (χ3v) is 16.4. The minimum atomic E-state index is -1.86. The van der Waals surface area contributed by atoms with Crippen LogP contribution in [-0.2, 0) is 68.3 Å². The number of Topliss-reactive ketones (excluding diaryl/α,β-unsaturated/α-hetero) is 2. The highest BCUT2D eigenvalue weighted by Gasteiger charge is 2.81. The maximum Gasteiger partial charge on any atom is 0.333 e. The van der Waals surface area contributed by atoms with E-state index < -0.39 is 107 Å². The summed E-state index contributed by atoms with van der Waals surface area (Å²) < 4.78 is 64.3. The van der Waals surface area contributed by atoms with Crippen molar-refractivity contribution in [3.63, 3.8) is 0 Å². The number of carbonyl (C=O) groups is 7. The summed E-state index contributed by atoms with van der Waals surface area (Å²) in [7, 11) is 0. The van der Waals surface area contributed by atoms with Crippen LogP contribution in [0.25, 0.3) is 6.08 Å². The van der Waals surface area contributed by atoms with Crippen LogP contribution in [0.1, 0.15) is 147 Å². The van der Waals surface area contributed by atoms with Gasteiger partial charge in [0, 0.05) is 68.6 Å². The molecule has 10 atom stereocenters. The van der Waals surface area contributed by atoms with Crippen LogP contribution in [0.2, 0.25) is 0 Å². The first kappa shape index (κ1) is 60.0. The highest BCUT2D eigenvalue weighted by Crippen LogP contribution is 2.69. The Morgan fingerprint density at radius 2 is 1.33 bits per heavy atom. The minimum absolute atomic E-state index is 0.0304. The molecule has 5 unspecified atom stereocenters. The van der Waals surface area contributed by atoms with E-state index in [1.54, 1.807) is 25.2 Å². The Labute approximate surface area is 484 Å². The molecule has 0 N–H and O–H groups in total. The number of esters is 5. The quantitative estimate of drug-likeness (QED) is 0.0473. The molecule has 3 fully saturated rings. The Kier molecular flexibility index (Phi) is 17.0. The normalized spacial score (nSPS) is 27.7. The Morgan fingerprint density at radius 3 is 1.93 bits per heavy atom. The molecular formula is C66H74O17. The molecule has 440 valence electrons. The zero-order valence-electron chi connectivity index (χ0n) is 49.2. The largest absolute Gasteiger partial charge is 0.482 e. The van der Waals surface area contributed by atoms with Crippen molar-refractivity contribution in [2.24, 2.45) is 11.8 Å². The molecule has 4 aliphatic heterocycles. The highest BCUT2D eigenvalue weighted by atomic mass is 16.7. The first-order chi connectivity index (χ1) is 39.3. The van der Waals surface area contributed by atoms with Crippen LogP contribution in [0.3, 0.4) is 0 Å². The predicted octanol–water partition coefficient (Wildman–Crippen LogP) is 10.3. The highest BCUT2D eigenvalue weighted by molar-refractivity contribution is 6.19. The van der Waals surface area contributed by atoms with E-state index in [4.69, 9.17) is 47.4 Å². The van der Waals surface area contributed by atoms with E-state index in [0.717, 1.165) is 43.0 Å². The second kappa shape index (κ2) is 23.6. The van der Waals surface area contributed by atoms with Crippen LogP contribution >= 0.6 is 0 Å². The molecule has 3 aromatic carbocycles. The number of ketones is 2. The van der Waals surface area contributed by atoms with Crippen molar-refractivity contribution in [2.45, 2.75) is 174 Å². The molecule has 17 heteroatoms. The van der Waals surface area contributed by atoms with Crippen molar-refractivity contribution in [3.05, 3.63) is 141 Å². The van der Waals surface area contributed by atoms with Gasteiger partial charge in [0.2, 0.25) is 12.4 Å². The van der Waals surface area contributed by atoms with Crippen molar-refractivity contribution < 1.29 is 80.9 Å². The molecule has 1 saturated carbocycles. The van der Waals surface area contributed by atoms with E-state index >= 15 is 9.59 Å². The zero-order chi connectivity index (χ0) is 59.9. The molecule has 7 aliphatic rings. The van der Waals surface area contributed by atoms with Gasteiger partial charge in [-0.2, -0.15) is 0 Å². The summed E-state index contributed by atoms with van der Waals surface area (Å²) >= 11 is 0. The molecule has 2 saturated heterocycles. The molecule has 0 amide bonds. The number of rotatable bonds is 19. The summed E-state index contributed by atoms with van der Waals surface area (Å²) in [5, 5.41) is 0. The lowest BCUT2D eigenvalue weighted by atomic mass is 9.51. The van der Waals surface area contributed by atoms with E-state index in [1.165, 1.54) is 6.92 Å². The number of hydrogen-bond donors (Lipinski definition) is 0. The molecule has 4 bridgehead atoms. The summed E-state index contributed by atoms with van der Waals surface area (Å²) in [6, 6.07) is 19.5. The van der Waals surface area contributed by atoms with E-state index in [9.17, 15) is 24.0 Å². The van der Waals surface area contributed by atoms with Gasteiger partial charge in [0.1, 0.15) is 47.7 Å². The van der Waals surface area contributed by atoms with Gasteiger partial charge in [-0.3, -0.25) is 28.8 Å². The Hall–Kier alpha value is -7.63. The number of hydrogen-bond acceptors (Lipinski definition) is 17. The second-order valence-electron chi connectivity index (χ2n) is 23.6. The fraction of sp³-hybridized carbons (Fsp3) is 0.470. The summed E-state index contributed by atoms with van der Waals surface area (Å²) in [4.78, 5) is 97.1. The number of ether oxygens (including phenoxy) is 10. The zero-order valence-corrected chi connectivity index (χ0v) is 49.2. The number of allylic oxidation sites excluding steroid dienone is 5. The topological polar surface area (TPSA) is 212 Å². The van der Waals surface area contributed by atoms with Gasteiger partial charge >= 0.3 is 29.8 Å². The molecule has 17 nitrogen and oxygen atoms in total. The standard InChI is InChI=1S/C66H74O17/c1-36(2)20-19-29-64(12)30-28-47-54(81-64)46(26-25-37(3)4)56-52(55(47)80-62-59(78-42(9)70)58(77-41(8)69)57(76-40(7)68)50(79-62)35-74-39(6)67)53(71)49-32-45-33-51-63(10,11)83-65(60(45)72,66(49,51)82-56)31-27-38(5)61(73)75-34-48(43-21-15-13-16-22-43)44-23-17-14-18-24-44/h13-18,20-25,27-28,30,32,45,48,50-51,57-59,62H,19,26,29,31,33-35H2,1-12H3/b38-27-/t45?,50-,51?,57-,58-,59-,62+,64?,65?,66?/m1/s1. The third-order valence-electron chi connectivity index (χ3n) is 16.4. The molecular weight excluding hydrogens is 1060 g/mol. The van der Waals surface area contributed by atoms with Crippen LogP contribution in [0, 0.1) is 11.8 Å². The summed E-state index contributed by atoms with van der Waals surface area (Å²) in [5.74, 6) is -6.22. The van der Waals surface area contributed by atoms with Crippen LogP contribution in [0.15, 0.2) is 113 Å². The fourth-order valence-electron chi connectivity index (χ4n) is 12.7. The lowest BCUT2D eigenvalue weighted by Gasteiger charge is -2.56. The summed E-state index contributed by atoms with van der Waals surface area (Å²) in [6.07, 6.45) is 4.54. The average molecular weight is 1140 g/mol. The monoisotopic (exact) mass is 1140 g/mol. The lowest BCUT2D eigenvalue weighted by molar-refractivity contribution is -0.288. The van der Waals surface area contributed by atoms with E-state index in [0.29, 0.717) is 18.4 Å². The molecule has 3 aliphatic carbocycles. The SMILES string of the molecule is CC(=O)OC[C@H]1O[C@@H](Oc2c3c(c(CC=C(C)C)c4c2C(=O)C2=CC5CC6C(C)(C)OC(C/C=C(/C)C(=O)OCC(c7ccccc7)c7ccccc7)(C5=O)C26O4)OC(C)(CCC=C(C)C)C=C3)[C@H](OC(C)=O)[C@H](OC(C)=O)[C@@H]1OC(C)=O. The third kappa shape index (κ3) is 11.6. The smallest absolute Gasteiger partial charge is 0.333 e. The van der Waals surface area contributed by atoms with Gasteiger partial charge in [-0.25, -0.2) is 4.79 Å². The van der Waals surface area contributed by atoms with Gasteiger partial charge in [0.05, 0.1) is 11.2 Å². The van der Waals surface area contributed by atoms with E-state index in [2.05, 4.69) is 6.08 Å². The second-order valence-corrected chi connectivity index (χ2v) is 23.6. The first-order valence-electron chi connectivity index (χ1n) is 28.3. The van der Waals surface area contributed by atoms with Crippen LogP contribution in [-0.4, -0.2) is 108 Å². The molecule has 83 heavy (non-hydrogen) atoms. The summed E-state index contributed by atoms with van der Waals surface area (Å²) in [5.41, 5.74) is -0.650. The molecule has 10 rings (SSSR count). The average Bonchev–Trinajstić information content (AvgIpc) is 1.73. The minimum Gasteiger partial charge on any atom is -0.482 e. The maximum absolute atomic E-state index is 16.4. The van der Waals surface area contributed by atoms with Crippen molar-refractivity contribution in [1.29, 1.82) is 0 Å². The maximum atomic E-state index is 16.4. The Morgan fingerprint density at radius 1 is 0.711 bits per heavy atom. The van der Waals surface area contributed by atoms with Crippen molar-refractivity contribution >= 4 is 47.5 Å². The van der Waals surface area contributed by atoms with Crippen molar-refractivity contribution in [1.82, 2.24) is 0 Å². The van der Waals surface area contributed by atoms with Gasteiger partial charge in [-0.15, -0.1) is 0 Å². The molecule has 4 heterocycles. The predicted molar refractivity (Wildman–Crippen MR) is 303 cm³/mol. The fourth-order valence-corrected chi connectivity index (χ4v) is 12.7.